The minimum atomic E-state index is -0.0104. The van der Waals surface area contributed by atoms with E-state index in [1.807, 2.05) is 13.8 Å². The Kier molecular flexibility index (Phi) is 4.06. The van der Waals surface area contributed by atoms with Gasteiger partial charge in [-0.15, -0.1) is 0 Å². The number of nitrogens with two attached hydrogens (primary N) is 1. The summed E-state index contributed by atoms with van der Waals surface area (Å²) in [6.07, 6.45) is 0.805. The maximum atomic E-state index is 12.0. The Morgan fingerprint density at radius 2 is 2.31 bits per heavy atom. The Balaban J connectivity index is 2.67. The minimum Gasteiger partial charge on any atom is -0.340 e. The topological polar surface area (TPSA) is 64.2 Å². The molecule has 1 heterocycles. The third kappa shape index (κ3) is 3.06. The number of carbonyl (C=O) groups is 1. The number of nitrogens with zero attached hydrogens (tertiary/aromatic N) is 3. The number of amides is 1. The quantitative estimate of drug-likeness (QED) is 0.811. The molecule has 0 fully saturated rings. The predicted octanol–water partition coefficient (Wildman–Crippen LogP) is 0.538. The van der Waals surface area contributed by atoms with Gasteiger partial charge in [0, 0.05) is 26.7 Å². The molecule has 16 heavy (non-hydrogen) atoms. The van der Waals surface area contributed by atoms with Crippen molar-refractivity contribution in [3.05, 3.63) is 17.5 Å². The Labute approximate surface area is 96.2 Å². The van der Waals surface area contributed by atoms with E-state index >= 15 is 0 Å². The van der Waals surface area contributed by atoms with E-state index in [9.17, 15) is 4.79 Å². The number of rotatable bonds is 4. The monoisotopic (exact) mass is 224 g/mol. The van der Waals surface area contributed by atoms with Crippen molar-refractivity contribution in [1.82, 2.24) is 14.7 Å². The van der Waals surface area contributed by atoms with E-state index in [1.54, 1.807) is 29.7 Å². The first kappa shape index (κ1) is 12.7. The second-order valence-corrected chi connectivity index (χ2v) is 4.29. The van der Waals surface area contributed by atoms with Crippen molar-refractivity contribution in [1.29, 1.82) is 0 Å². The Morgan fingerprint density at radius 1 is 1.69 bits per heavy atom. The van der Waals surface area contributed by atoms with Gasteiger partial charge >= 0.3 is 0 Å². The molecule has 2 N–H and O–H groups in total. The van der Waals surface area contributed by atoms with Crippen molar-refractivity contribution < 1.29 is 4.79 Å². The highest BCUT2D eigenvalue weighted by molar-refractivity contribution is 5.92. The summed E-state index contributed by atoms with van der Waals surface area (Å²) in [5, 5.41) is 4.15. The standard InChI is InChI=1S/C11H20N4O/c1-8(12)5-6-14(3)11(16)10-7-9(2)13-15(10)4/h7-8H,5-6,12H2,1-4H3. The summed E-state index contributed by atoms with van der Waals surface area (Å²) in [7, 11) is 3.56. The number of aryl methyl sites for hydroxylation is 2. The zero-order valence-corrected chi connectivity index (χ0v) is 10.4. The molecule has 1 atom stereocenters. The first-order valence-corrected chi connectivity index (χ1v) is 5.43. The molecule has 5 nitrogen and oxygen atoms in total. The molecule has 0 saturated carbocycles. The molecule has 0 spiro atoms. The molecule has 90 valence electrons. The second kappa shape index (κ2) is 5.12. The van der Waals surface area contributed by atoms with Gasteiger partial charge in [-0.05, 0) is 26.3 Å². The second-order valence-electron chi connectivity index (χ2n) is 4.29. The van der Waals surface area contributed by atoms with E-state index in [2.05, 4.69) is 5.10 Å². The molecule has 0 aliphatic rings. The Morgan fingerprint density at radius 3 is 2.75 bits per heavy atom. The molecule has 1 unspecified atom stereocenters. The summed E-state index contributed by atoms with van der Waals surface area (Å²) in [4.78, 5) is 13.7. The summed E-state index contributed by atoms with van der Waals surface area (Å²) in [5.74, 6) is -0.0104. The van der Waals surface area contributed by atoms with Crippen LogP contribution in [0.3, 0.4) is 0 Å². The van der Waals surface area contributed by atoms with Gasteiger partial charge in [0.05, 0.1) is 5.69 Å². The van der Waals surface area contributed by atoms with Gasteiger partial charge in [-0.1, -0.05) is 0 Å². The van der Waals surface area contributed by atoms with Gasteiger partial charge in [0.2, 0.25) is 0 Å². The van der Waals surface area contributed by atoms with E-state index in [4.69, 9.17) is 5.73 Å². The minimum absolute atomic E-state index is 0.0104. The highest BCUT2D eigenvalue weighted by Crippen LogP contribution is 2.06. The molecule has 1 amide bonds. The molecule has 0 bridgehead atoms. The molecular weight excluding hydrogens is 204 g/mol. The van der Waals surface area contributed by atoms with Crippen molar-refractivity contribution in [2.75, 3.05) is 13.6 Å². The normalized spacial score (nSPS) is 12.6. The largest absolute Gasteiger partial charge is 0.340 e. The average Bonchev–Trinajstić information content (AvgIpc) is 2.53. The lowest BCUT2D eigenvalue weighted by molar-refractivity contribution is 0.0781. The predicted molar refractivity (Wildman–Crippen MR) is 63.2 cm³/mol. The van der Waals surface area contributed by atoms with Crippen LogP contribution in [0.15, 0.2) is 6.07 Å². The summed E-state index contributed by atoms with van der Waals surface area (Å²) in [6.45, 7) is 4.48. The van der Waals surface area contributed by atoms with Crippen LogP contribution in [0.4, 0.5) is 0 Å². The fourth-order valence-electron chi connectivity index (χ4n) is 1.51. The van der Waals surface area contributed by atoms with Gasteiger partial charge in [0.1, 0.15) is 5.69 Å². The molecular formula is C11H20N4O. The molecule has 5 heteroatoms. The van der Waals surface area contributed by atoms with E-state index in [0.29, 0.717) is 12.2 Å². The summed E-state index contributed by atoms with van der Waals surface area (Å²) in [5.41, 5.74) is 7.13. The number of hydrogen-bond donors (Lipinski definition) is 1. The van der Waals surface area contributed by atoms with Crippen molar-refractivity contribution in [3.63, 3.8) is 0 Å². The van der Waals surface area contributed by atoms with Gasteiger partial charge in [0.25, 0.3) is 5.91 Å². The molecule has 1 aromatic rings. The van der Waals surface area contributed by atoms with Crippen molar-refractivity contribution >= 4 is 5.91 Å². The molecule has 0 saturated heterocycles. The zero-order valence-electron chi connectivity index (χ0n) is 10.4. The first-order valence-electron chi connectivity index (χ1n) is 5.43. The lowest BCUT2D eigenvalue weighted by Gasteiger charge is -2.18. The van der Waals surface area contributed by atoms with Crippen LogP contribution in [-0.2, 0) is 7.05 Å². The van der Waals surface area contributed by atoms with Crippen LogP contribution in [0.5, 0.6) is 0 Å². The summed E-state index contributed by atoms with van der Waals surface area (Å²) >= 11 is 0. The summed E-state index contributed by atoms with van der Waals surface area (Å²) < 4.78 is 1.61. The fourth-order valence-corrected chi connectivity index (χ4v) is 1.51. The highest BCUT2D eigenvalue weighted by Gasteiger charge is 2.16. The number of hydrogen-bond acceptors (Lipinski definition) is 3. The maximum absolute atomic E-state index is 12.0. The SMILES string of the molecule is Cc1cc(C(=O)N(C)CCC(C)N)n(C)n1. The maximum Gasteiger partial charge on any atom is 0.271 e. The smallest absolute Gasteiger partial charge is 0.271 e. The zero-order chi connectivity index (χ0) is 12.3. The van der Waals surface area contributed by atoms with Crippen LogP contribution in [0.25, 0.3) is 0 Å². The number of carbonyl (C=O) groups excluding carboxylic acids is 1. The lowest BCUT2D eigenvalue weighted by atomic mass is 10.2. The Hall–Kier alpha value is -1.36. The molecule has 0 aliphatic heterocycles. The van der Waals surface area contributed by atoms with Crippen LogP contribution < -0.4 is 5.73 Å². The van der Waals surface area contributed by atoms with Crippen molar-refractivity contribution in [2.24, 2.45) is 12.8 Å². The van der Waals surface area contributed by atoms with Gasteiger partial charge < -0.3 is 10.6 Å². The van der Waals surface area contributed by atoms with Gasteiger partial charge in [-0.2, -0.15) is 5.10 Å². The van der Waals surface area contributed by atoms with E-state index in [0.717, 1.165) is 12.1 Å². The Bertz CT molecular complexity index is 370. The van der Waals surface area contributed by atoms with E-state index in [-0.39, 0.29) is 11.9 Å². The average molecular weight is 224 g/mol. The van der Waals surface area contributed by atoms with Crippen LogP contribution in [0.2, 0.25) is 0 Å². The lowest BCUT2D eigenvalue weighted by Crippen LogP contribution is -2.32. The van der Waals surface area contributed by atoms with Gasteiger partial charge in [-0.25, -0.2) is 0 Å². The van der Waals surface area contributed by atoms with Crippen LogP contribution in [0, 0.1) is 6.92 Å². The van der Waals surface area contributed by atoms with Crippen LogP contribution in [-0.4, -0.2) is 40.2 Å². The molecule has 1 aromatic heterocycles. The molecule has 1 rings (SSSR count). The first-order chi connectivity index (χ1) is 7.41. The van der Waals surface area contributed by atoms with Crippen LogP contribution in [0.1, 0.15) is 29.5 Å². The third-order valence-electron chi connectivity index (χ3n) is 2.49. The molecule has 0 radical (unpaired) electrons. The van der Waals surface area contributed by atoms with E-state index in [1.165, 1.54) is 0 Å². The number of aromatic nitrogens is 2. The van der Waals surface area contributed by atoms with Crippen molar-refractivity contribution in [2.45, 2.75) is 26.3 Å². The van der Waals surface area contributed by atoms with Crippen LogP contribution >= 0.6 is 0 Å². The third-order valence-corrected chi connectivity index (χ3v) is 2.49. The van der Waals surface area contributed by atoms with Gasteiger partial charge in [0.15, 0.2) is 0 Å². The fraction of sp³-hybridized carbons (Fsp3) is 0.636. The van der Waals surface area contributed by atoms with Gasteiger partial charge in [-0.3, -0.25) is 9.48 Å². The van der Waals surface area contributed by atoms with E-state index < -0.39 is 0 Å². The molecule has 0 aromatic carbocycles. The summed E-state index contributed by atoms with van der Waals surface area (Å²) in [6, 6.07) is 1.91. The van der Waals surface area contributed by atoms with Crippen molar-refractivity contribution in [3.8, 4) is 0 Å². The molecule has 0 aliphatic carbocycles. The highest BCUT2D eigenvalue weighted by atomic mass is 16.2.